The number of thiazole rings is 1. The molecule has 8 nitrogen and oxygen atoms in total. The molecule has 3 aliphatic rings. The van der Waals surface area contributed by atoms with Crippen molar-refractivity contribution in [3.63, 3.8) is 0 Å². The lowest BCUT2D eigenvalue weighted by Crippen LogP contribution is -2.41. The second-order valence-electron chi connectivity index (χ2n) is 9.81. The first-order valence-electron chi connectivity index (χ1n) is 12.4. The zero-order valence-electron chi connectivity index (χ0n) is 21.1. The van der Waals surface area contributed by atoms with Gasteiger partial charge in [-0.05, 0) is 61.1 Å². The van der Waals surface area contributed by atoms with Crippen molar-refractivity contribution < 1.29 is 28.5 Å². The Labute approximate surface area is 218 Å². The number of nitrogens with zero attached hydrogens (tertiary/aromatic N) is 2. The molecule has 0 saturated heterocycles. The SMILES string of the molecule is COc1ccc2nc(N3C(=O)C4=C(C(=O)C5CC(C)CCC5O4)C3c3ccc(OC)c(OC)c3)sc2c1. The Morgan fingerprint density at radius 2 is 1.81 bits per heavy atom. The maximum absolute atomic E-state index is 14.0. The molecular weight excluding hydrogens is 492 g/mol. The lowest BCUT2D eigenvalue weighted by atomic mass is 9.74. The monoisotopic (exact) mass is 520 g/mol. The van der Waals surface area contributed by atoms with Crippen LogP contribution in [0.25, 0.3) is 10.2 Å². The van der Waals surface area contributed by atoms with Crippen LogP contribution in [0.4, 0.5) is 5.13 Å². The average Bonchev–Trinajstić information content (AvgIpc) is 3.46. The first-order chi connectivity index (χ1) is 17.9. The van der Waals surface area contributed by atoms with Crippen molar-refractivity contribution in [2.45, 2.75) is 38.3 Å². The van der Waals surface area contributed by atoms with Crippen LogP contribution in [0.3, 0.4) is 0 Å². The van der Waals surface area contributed by atoms with Gasteiger partial charge in [0.15, 0.2) is 28.2 Å². The summed E-state index contributed by atoms with van der Waals surface area (Å²) in [4.78, 5) is 34.4. The van der Waals surface area contributed by atoms with Crippen molar-refractivity contribution in [2.75, 3.05) is 26.2 Å². The number of amides is 1. The summed E-state index contributed by atoms with van der Waals surface area (Å²) < 4.78 is 23.6. The highest BCUT2D eigenvalue weighted by Crippen LogP contribution is 2.50. The number of fused-ring (bicyclic) bond motifs is 2. The van der Waals surface area contributed by atoms with Crippen LogP contribution in [0.2, 0.25) is 0 Å². The number of carbonyl (C=O) groups excluding carboxylic acids is 2. The second-order valence-corrected chi connectivity index (χ2v) is 10.8. The third kappa shape index (κ3) is 3.75. The quantitative estimate of drug-likeness (QED) is 0.464. The van der Waals surface area contributed by atoms with Gasteiger partial charge in [-0.1, -0.05) is 24.3 Å². The summed E-state index contributed by atoms with van der Waals surface area (Å²) in [6.07, 6.45) is 2.24. The van der Waals surface area contributed by atoms with Gasteiger partial charge in [-0.2, -0.15) is 0 Å². The zero-order chi connectivity index (χ0) is 25.8. The molecule has 4 unspecified atom stereocenters. The lowest BCUT2D eigenvalue weighted by Gasteiger charge is -2.37. The van der Waals surface area contributed by atoms with E-state index in [-0.39, 0.29) is 29.5 Å². The summed E-state index contributed by atoms with van der Waals surface area (Å²) in [5.74, 6) is 1.78. The smallest absolute Gasteiger partial charge is 0.296 e. The Kier molecular flexibility index (Phi) is 5.82. The van der Waals surface area contributed by atoms with Crippen molar-refractivity contribution in [2.24, 2.45) is 11.8 Å². The van der Waals surface area contributed by atoms with Gasteiger partial charge in [0, 0.05) is 0 Å². The van der Waals surface area contributed by atoms with Crippen LogP contribution < -0.4 is 19.1 Å². The van der Waals surface area contributed by atoms with Gasteiger partial charge in [-0.25, -0.2) is 4.98 Å². The molecule has 192 valence electrons. The molecule has 4 atom stereocenters. The molecule has 9 heteroatoms. The molecule has 1 aromatic heterocycles. The number of ether oxygens (including phenoxy) is 4. The van der Waals surface area contributed by atoms with Crippen LogP contribution in [0.5, 0.6) is 17.2 Å². The topological polar surface area (TPSA) is 87.2 Å². The Hall–Kier alpha value is -3.59. The van der Waals surface area contributed by atoms with E-state index in [0.29, 0.717) is 33.9 Å². The molecule has 37 heavy (non-hydrogen) atoms. The Morgan fingerprint density at radius 3 is 2.57 bits per heavy atom. The fourth-order valence-corrected chi connectivity index (χ4v) is 6.76. The van der Waals surface area contributed by atoms with Crippen molar-refractivity contribution in [3.8, 4) is 17.2 Å². The lowest BCUT2D eigenvalue weighted by molar-refractivity contribution is -0.132. The first-order valence-corrected chi connectivity index (χ1v) is 13.2. The van der Waals surface area contributed by atoms with E-state index in [0.717, 1.165) is 35.0 Å². The summed E-state index contributed by atoms with van der Waals surface area (Å²) in [5, 5.41) is 0.496. The standard InChI is InChI=1S/C28H28N2O6S/c1-14-5-9-19-17(11-14)25(31)23-24(15-6-10-20(34-3)21(12-15)35-4)30(27(32)26(23)36-19)28-29-18-8-7-16(33-2)13-22(18)37-28/h6-8,10,12-14,17,19,24H,5,9,11H2,1-4H3. The minimum atomic E-state index is -0.685. The Balaban J connectivity index is 1.51. The van der Waals surface area contributed by atoms with E-state index in [4.69, 9.17) is 23.9 Å². The molecule has 1 fully saturated rings. The average molecular weight is 521 g/mol. The van der Waals surface area contributed by atoms with Crippen molar-refractivity contribution in [1.29, 1.82) is 0 Å². The molecule has 0 radical (unpaired) electrons. The van der Waals surface area contributed by atoms with E-state index in [1.54, 1.807) is 32.3 Å². The first kappa shape index (κ1) is 23.8. The molecule has 1 amide bonds. The molecule has 2 aromatic carbocycles. The number of benzene rings is 2. The van der Waals surface area contributed by atoms with Gasteiger partial charge in [-0.3, -0.25) is 14.5 Å². The van der Waals surface area contributed by atoms with E-state index in [9.17, 15) is 9.59 Å². The van der Waals surface area contributed by atoms with Crippen LogP contribution in [0.1, 0.15) is 37.8 Å². The van der Waals surface area contributed by atoms with Crippen molar-refractivity contribution in [1.82, 2.24) is 4.98 Å². The molecule has 3 aromatic rings. The highest BCUT2D eigenvalue weighted by molar-refractivity contribution is 7.22. The summed E-state index contributed by atoms with van der Waals surface area (Å²) in [7, 11) is 4.75. The number of ketones is 1. The molecule has 3 heterocycles. The summed E-state index contributed by atoms with van der Waals surface area (Å²) in [5.41, 5.74) is 1.88. The number of aromatic nitrogens is 1. The largest absolute Gasteiger partial charge is 0.497 e. The molecule has 0 bridgehead atoms. The summed E-state index contributed by atoms with van der Waals surface area (Å²) >= 11 is 1.38. The van der Waals surface area contributed by atoms with Crippen LogP contribution in [0, 0.1) is 11.8 Å². The van der Waals surface area contributed by atoms with Gasteiger partial charge in [-0.15, -0.1) is 0 Å². The third-order valence-corrected chi connectivity index (χ3v) is 8.64. The number of anilines is 1. The van der Waals surface area contributed by atoms with Crippen LogP contribution >= 0.6 is 11.3 Å². The van der Waals surface area contributed by atoms with E-state index in [1.165, 1.54) is 11.3 Å². The molecule has 1 saturated carbocycles. The van der Waals surface area contributed by atoms with Gasteiger partial charge >= 0.3 is 0 Å². The second kappa shape index (κ2) is 9.06. The number of rotatable bonds is 5. The minimum absolute atomic E-state index is 0.00350. The maximum atomic E-state index is 14.0. The summed E-state index contributed by atoms with van der Waals surface area (Å²) in [6, 6.07) is 10.4. The van der Waals surface area contributed by atoms with Gasteiger partial charge < -0.3 is 18.9 Å². The predicted molar refractivity (Wildman–Crippen MR) is 139 cm³/mol. The number of carbonyl (C=O) groups is 2. The molecular formula is C28H28N2O6S. The Morgan fingerprint density at radius 1 is 1.00 bits per heavy atom. The maximum Gasteiger partial charge on any atom is 0.296 e. The molecule has 6 rings (SSSR count). The van der Waals surface area contributed by atoms with E-state index in [2.05, 4.69) is 6.92 Å². The number of hydrogen-bond acceptors (Lipinski definition) is 8. The highest BCUT2D eigenvalue weighted by Gasteiger charge is 2.53. The fourth-order valence-electron chi connectivity index (χ4n) is 5.74. The number of hydrogen-bond donors (Lipinski definition) is 0. The van der Waals surface area contributed by atoms with Gasteiger partial charge in [0.25, 0.3) is 5.91 Å². The highest BCUT2D eigenvalue weighted by atomic mass is 32.1. The summed E-state index contributed by atoms with van der Waals surface area (Å²) in [6.45, 7) is 2.17. The van der Waals surface area contributed by atoms with Crippen molar-refractivity contribution in [3.05, 3.63) is 53.3 Å². The van der Waals surface area contributed by atoms with Crippen LogP contribution in [-0.4, -0.2) is 44.1 Å². The van der Waals surface area contributed by atoms with E-state index in [1.807, 2.05) is 30.3 Å². The normalized spacial score (nSPS) is 25.1. The van der Waals surface area contributed by atoms with Gasteiger partial charge in [0.05, 0.1) is 49.1 Å². The van der Waals surface area contributed by atoms with Crippen LogP contribution in [-0.2, 0) is 14.3 Å². The van der Waals surface area contributed by atoms with Crippen LogP contribution in [0.15, 0.2) is 47.7 Å². The minimum Gasteiger partial charge on any atom is -0.497 e. The molecule has 1 aliphatic carbocycles. The molecule has 0 spiro atoms. The van der Waals surface area contributed by atoms with Gasteiger partial charge in [0.2, 0.25) is 0 Å². The number of methoxy groups -OCH3 is 3. The number of Topliss-reactive ketones (excluding diaryl/α,β-unsaturated/α-hetero) is 1. The van der Waals surface area contributed by atoms with Gasteiger partial charge in [0.1, 0.15) is 11.9 Å². The zero-order valence-corrected chi connectivity index (χ0v) is 22.0. The molecule has 0 N–H and O–H groups in total. The molecule has 2 aliphatic heterocycles. The van der Waals surface area contributed by atoms with Crippen molar-refractivity contribution >= 4 is 38.4 Å². The van der Waals surface area contributed by atoms with E-state index >= 15 is 0 Å². The predicted octanol–water partition coefficient (Wildman–Crippen LogP) is 5.07. The third-order valence-electron chi connectivity index (χ3n) is 7.62. The van der Waals surface area contributed by atoms with E-state index < -0.39 is 6.04 Å². The fraction of sp³-hybridized carbons (Fsp3) is 0.393. The Bertz CT molecular complexity index is 1450.